The molecule has 2 unspecified atom stereocenters. The van der Waals surface area contributed by atoms with Crippen LogP contribution in [0.1, 0.15) is 102 Å². The van der Waals surface area contributed by atoms with Crippen molar-refractivity contribution >= 4 is 5.97 Å². The van der Waals surface area contributed by atoms with E-state index in [1.54, 1.807) is 0 Å². The van der Waals surface area contributed by atoms with Crippen LogP contribution in [0, 0.1) is 0 Å². The summed E-state index contributed by atoms with van der Waals surface area (Å²) in [5.74, 6) is -0.678. The normalized spacial score (nSPS) is 13.3. The van der Waals surface area contributed by atoms with Crippen LogP contribution >= 0.6 is 0 Å². The lowest BCUT2D eigenvalue weighted by atomic mass is 10.0. The van der Waals surface area contributed by atoms with E-state index in [1.807, 2.05) is 18.2 Å². The molecule has 0 saturated carbocycles. The van der Waals surface area contributed by atoms with Crippen LogP contribution in [-0.2, 0) is 16.1 Å². The summed E-state index contributed by atoms with van der Waals surface area (Å²) in [6.45, 7) is 2.64. The number of unbranched alkanes of at least 4 members (excludes halogenated alkanes) is 10. The van der Waals surface area contributed by atoms with E-state index in [4.69, 9.17) is 9.84 Å². The summed E-state index contributed by atoms with van der Waals surface area (Å²) >= 11 is 0. The topological polar surface area (TPSA) is 66.8 Å². The zero-order valence-corrected chi connectivity index (χ0v) is 18.4. The molecule has 4 heteroatoms. The lowest BCUT2D eigenvalue weighted by Gasteiger charge is -2.22. The first-order valence-electron chi connectivity index (χ1n) is 11.7. The highest BCUT2D eigenvalue weighted by atomic mass is 16.5. The summed E-state index contributed by atoms with van der Waals surface area (Å²) < 4.78 is 5.93. The first-order valence-corrected chi connectivity index (χ1v) is 11.7. The van der Waals surface area contributed by atoms with Crippen LogP contribution in [0.3, 0.4) is 0 Å². The Bertz CT molecular complexity index is 503. The third kappa shape index (κ3) is 14.3. The molecule has 0 radical (unpaired) electrons. The molecule has 0 spiro atoms. The number of aliphatic carboxylic acids is 1. The number of carboxylic acids is 1. The fourth-order valence-electron chi connectivity index (χ4n) is 3.69. The number of aliphatic hydroxyl groups is 1. The Labute approximate surface area is 177 Å². The number of rotatable bonds is 19. The smallest absolute Gasteiger partial charge is 0.303 e. The maximum Gasteiger partial charge on any atom is 0.303 e. The number of hydrogen-bond donors (Lipinski definition) is 2. The van der Waals surface area contributed by atoms with E-state index >= 15 is 0 Å². The molecule has 4 nitrogen and oxygen atoms in total. The number of carboxylic acid groups (broad SMARTS) is 1. The van der Waals surface area contributed by atoms with Crippen molar-refractivity contribution < 1.29 is 19.7 Å². The largest absolute Gasteiger partial charge is 0.481 e. The fourth-order valence-corrected chi connectivity index (χ4v) is 3.69. The average molecular weight is 407 g/mol. The van der Waals surface area contributed by atoms with Crippen molar-refractivity contribution in [1.82, 2.24) is 0 Å². The van der Waals surface area contributed by atoms with Gasteiger partial charge < -0.3 is 14.9 Å². The van der Waals surface area contributed by atoms with Gasteiger partial charge in [0.1, 0.15) is 0 Å². The van der Waals surface area contributed by atoms with Gasteiger partial charge in [-0.15, -0.1) is 0 Å². The van der Waals surface area contributed by atoms with E-state index < -0.39 is 5.97 Å². The molecule has 2 N–H and O–H groups in total. The van der Waals surface area contributed by atoms with Gasteiger partial charge in [-0.2, -0.15) is 0 Å². The molecule has 0 fully saturated rings. The molecule has 0 aromatic heterocycles. The minimum absolute atomic E-state index is 0.0781. The Hall–Kier alpha value is -1.39. The summed E-state index contributed by atoms with van der Waals surface area (Å²) in [6.07, 6.45) is 14.4. The monoisotopic (exact) mass is 406 g/mol. The van der Waals surface area contributed by atoms with E-state index in [2.05, 4.69) is 19.1 Å². The van der Waals surface area contributed by atoms with Crippen molar-refractivity contribution in [3.63, 3.8) is 0 Å². The van der Waals surface area contributed by atoms with Gasteiger partial charge in [0.05, 0.1) is 18.8 Å². The van der Waals surface area contributed by atoms with Crippen LogP contribution in [0.5, 0.6) is 0 Å². The zero-order valence-electron chi connectivity index (χ0n) is 18.4. The molecule has 0 saturated heterocycles. The molecule has 166 valence electrons. The average Bonchev–Trinajstić information content (AvgIpc) is 2.72. The van der Waals surface area contributed by atoms with Gasteiger partial charge in [0.15, 0.2) is 0 Å². The molecule has 0 bridgehead atoms. The molecule has 1 rings (SSSR count). The maximum absolute atomic E-state index is 10.4. The summed E-state index contributed by atoms with van der Waals surface area (Å²) in [5, 5.41) is 19.0. The predicted molar refractivity (Wildman–Crippen MR) is 119 cm³/mol. The van der Waals surface area contributed by atoms with Crippen LogP contribution in [0.4, 0.5) is 0 Å². The third-order valence-corrected chi connectivity index (χ3v) is 5.53. The molecule has 0 heterocycles. The van der Waals surface area contributed by atoms with Crippen molar-refractivity contribution in [1.29, 1.82) is 0 Å². The molecule has 0 amide bonds. The molecule has 0 aliphatic carbocycles. The van der Waals surface area contributed by atoms with Crippen molar-refractivity contribution in [2.24, 2.45) is 0 Å². The quantitative estimate of drug-likeness (QED) is 0.257. The Balaban J connectivity index is 1.93. The second kappa shape index (κ2) is 17.5. The highest BCUT2D eigenvalue weighted by molar-refractivity contribution is 5.66. The second-order valence-electron chi connectivity index (χ2n) is 8.13. The van der Waals surface area contributed by atoms with Crippen LogP contribution in [0.25, 0.3) is 0 Å². The molecule has 0 aliphatic heterocycles. The molecular formula is C25H42O4. The molecule has 2 atom stereocenters. The summed E-state index contributed by atoms with van der Waals surface area (Å²) in [5.41, 5.74) is 1.15. The van der Waals surface area contributed by atoms with E-state index in [-0.39, 0.29) is 12.2 Å². The molecule has 1 aromatic carbocycles. The van der Waals surface area contributed by atoms with E-state index in [0.29, 0.717) is 13.0 Å². The first-order chi connectivity index (χ1) is 14.1. The minimum atomic E-state index is -0.678. The van der Waals surface area contributed by atoms with Crippen LogP contribution in [0.2, 0.25) is 0 Å². The van der Waals surface area contributed by atoms with Gasteiger partial charge in [0, 0.05) is 6.42 Å². The number of carbonyl (C=O) groups is 1. The molecule has 1 aromatic rings. The lowest BCUT2D eigenvalue weighted by molar-refractivity contribution is -0.137. The zero-order chi connectivity index (χ0) is 21.2. The highest BCUT2D eigenvalue weighted by Gasteiger charge is 2.17. The van der Waals surface area contributed by atoms with Gasteiger partial charge in [-0.3, -0.25) is 4.79 Å². The van der Waals surface area contributed by atoms with Crippen LogP contribution < -0.4 is 0 Å². The van der Waals surface area contributed by atoms with Gasteiger partial charge in [-0.1, -0.05) is 101 Å². The second-order valence-corrected chi connectivity index (χ2v) is 8.13. The third-order valence-electron chi connectivity index (χ3n) is 5.53. The SMILES string of the molecule is CCC(OCc1ccccc1)C(O)CCCCCCCCCCCCCC(=O)O. The van der Waals surface area contributed by atoms with Gasteiger partial charge in [-0.05, 0) is 24.8 Å². The summed E-state index contributed by atoms with van der Waals surface area (Å²) in [7, 11) is 0. The number of ether oxygens (including phenoxy) is 1. The minimum Gasteiger partial charge on any atom is -0.481 e. The fraction of sp³-hybridized carbons (Fsp3) is 0.720. The standard InChI is InChI=1S/C25H42O4/c1-2-24(29-21-22-17-13-12-14-18-22)23(26)19-15-10-8-6-4-3-5-7-9-11-16-20-25(27)28/h12-14,17-18,23-24,26H,2-11,15-16,19-21H2,1H3,(H,27,28). The van der Waals surface area contributed by atoms with Crippen LogP contribution in [0.15, 0.2) is 30.3 Å². The Morgan fingerprint density at radius 1 is 0.862 bits per heavy atom. The molecule has 29 heavy (non-hydrogen) atoms. The van der Waals surface area contributed by atoms with E-state index in [0.717, 1.165) is 44.1 Å². The van der Waals surface area contributed by atoms with Crippen molar-refractivity contribution in [2.75, 3.05) is 0 Å². The van der Waals surface area contributed by atoms with Crippen molar-refractivity contribution in [3.8, 4) is 0 Å². The van der Waals surface area contributed by atoms with Crippen LogP contribution in [-0.4, -0.2) is 28.4 Å². The maximum atomic E-state index is 10.4. The highest BCUT2D eigenvalue weighted by Crippen LogP contribution is 2.16. The van der Waals surface area contributed by atoms with Crippen molar-refractivity contribution in [3.05, 3.63) is 35.9 Å². The Morgan fingerprint density at radius 2 is 1.38 bits per heavy atom. The molecule has 0 aliphatic rings. The van der Waals surface area contributed by atoms with Crippen molar-refractivity contribution in [2.45, 2.75) is 116 Å². The van der Waals surface area contributed by atoms with E-state index in [9.17, 15) is 9.90 Å². The number of benzene rings is 1. The predicted octanol–water partition coefficient (Wildman–Crippen LogP) is 6.50. The Morgan fingerprint density at radius 3 is 1.90 bits per heavy atom. The summed E-state index contributed by atoms with van der Waals surface area (Å²) in [4.78, 5) is 10.4. The van der Waals surface area contributed by atoms with Gasteiger partial charge in [0.2, 0.25) is 0 Å². The van der Waals surface area contributed by atoms with Gasteiger partial charge >= 0.3 is 5.97 Å². The van der Waals surface area contributed by atoms with Gasteiger partial charge in [-0.25, -0.2) is 0 Å². The number of aliphatic hydroxyl groups excluding tert-OH is 1. The lowest BCUT2D eigenvalue weighted by Crippen LogP contribution is -2.28. The number of hydrogen-bond acceptors (Lipinski definition) is 3. The van der Waals surface area contributed by atoms with E-state index in [1.165, 1.54) is 44.9 Å². The Kier molecular flexibility index (Phi) is 15.4. The summed E-state index contributed by atoms with van der Waals surface area (Å²) in [6, 6.07) is 10.1. The van der Waals surface area contributed by atoms with Gasteiger partial charge in [0.25, 0.3) is 0 Å². The molecular weight excluding hydrogens is 364 g/mol. The first kappa shape index (κ1) is 25.6.